The smallest absolute Gasteiger partial charge is 0.306 e. The molecule has 2 aliphatic rings. The van der Waals surface area contributed by atoms with Crippen molar-refractivity contribution in [2.45, 2.75) is 76.9 Å². The van der Waals surface area contributed by atoms with Gasteiger partial charge in [-0.05, 0) is 57.3 Å². The Morgan fingerprint density at radius 3 is 2.74 bits per heavy atom. The Labute approximate surface area is 142 Å². The Morgan fingerprint density at radius 1 is 1.26 bits per heavy atom. The largest absolute Gasteiger partial charge is 0.457 e. The monoisotopic (exact) mass is 337 g/mol. The third-order valence-corrected chi connectivity index (χ3v) is 6.44. The fourth-order valence-corrected chi connectivity index (χ4v) is 4.83. The van der Waals surface area contributed by atoms with Crippen LogP contribution < -0.4 is 0 Å². The van der Waals surface area contributed by atoms with Crippen molar-refractivity contribution in [2.75, 3.05) is 7.11 Å². The number of aromatic nitrogens is 1. The maximum Gasteiger partial charge on any atom is 0.306 e. The molecular formula is C18H27NO3S. The summed E-state index contributed by atoms with van der Waals surface area (Å²) in [6, 6.07) is 0. The van der Waals surface area contributed by atoms with Crippen LogP contribution in [-0.2, 0) is 27.1 Å². The van der Waals surface area contributed by atoms with Gasteiger partial charge >= 0.3 is 5.97 Å². The van der Waals surface area contributed by atoms with E-state index in [9.17, 15) is 4.79 Å². The summed E-state index contributed by atoms with van der Waals surface area (Å²) < 4.78 is 11.2. The van der Waals surface area contributed by atoms with Gasteiger partial charge in [-0.3, -0.25) is 4.79 Å². The molecule has 23 heavy (non-hydrogen) atoms. The molecule has 2 aliphatic carbocycles. The molecule has 0 N–H and O–H groups in total. The summed E-state index contributed by atoms with van der Waals surface area (Å²) in [4.78, 5) is 18.2. The van der Waals surface area contributed by atoms with E-state index < -0.39 is 0 Å². The molecule has 5 heteroatoms. The van der Waals surface area contributed by atoms with Gasteiger partial charge in [0.25, 0.3) is 0 Å². The normalized spacial score (nSPS) is 27.5. The van der Waals surface area contributed by atoms with E-state index in [2.05, 4.69) is 11.9 Å². The van der Waals surface area contributed by atoms with Crippen LogP contribution in [0.25, 0.3) is 0 Å². The summed E-state index contributed by atoms with van der Waals surface area (Å²) in [6.45, 7) is 2.13. The summed E-state index contributed by atoms with van der Waals surface area (Å²) in [5.41, 5.74) is 1.16. The highest BCUT2D eigenvalue weighted by Crippen LogP contribution is 2.37. The Hall–Kier alpha value is -0.940. The van der Waals surface area contributed by atoms with Crippen LogP contribution >= 0.6 is 11.3 Å². The van der Waals surface area contributed by atoms with E-state index in [-0.39, 0.29) is 12.1 Å². The van der Waals surface area contributed by atoms with Crippen molar-refractivity contribution in [3.05, 3.63) is 15.6 Å². The highest BCUT2D eigenvalue weighted by Gasteiger charge is 2.29. The van der Waals surface area contributed by atoms with E-state index in [1.165, 1.54) is 4.88 Å². The first kappa shape index (κ1) is 16.9. The lowest BCUT2D eigenvalue weighted by molar-refractivity contribution is -0.151. The minimum Gasteiger partial charge on any atom is -0.457 e. The lowest BCUT2D eigenvalue weighted by Crippen LogP contribution is -2.23. The average Bonchev–Trinajstić information content (AvgIpc) is 3.00. The van der Waals surface area contributed by atoms with Crippen molar-refractivity contribution in [3.8, 4) is 0 Å². The summed E-state index contributed by atoms with van der Waals surface area (Å²) in [6.07, 6.45) is 9.16. The zero-order chi connectivity index (χ0) is 16.2. The Morgan fingerprint density at radius 2 is 2.04 bits per heavy atom. The number of thiazole rings is 1. The van der Waals surface area contributed by atoms with Crippen LogP contribution in [0.1, 0.15) is 73.6 Å². The van der Waals surface area contributed by atoms with E-state index in [0.29, 0.717) is 18.4 Å². The van der Waals surface area contributed by atoms with Crippen LogP contribution in [0.3, 0.4) is 0 Å². The summed E-state index contributed by atoms with van der Waals surface area (Å²) in [5.74, 6) is 0.430. The van der Waals surface area contributed by atoms with E-state index >= 15 is 0 Å². The molecule has 0 aromatic carbocycles. The van der Waals surface area contributed by atoms with Crippen LogP contribution in [0, 0.1) is 5.92 Å². The molecule has 0 saturated heterocycles. The second kappa shape index (κ2) is 7.75. The molecule has 3 rings (SSSR count). The number of rotatable bonds is 5. The van der Waals surface area contributed by atoms with Crippen molar-refractivity contribution in [3.63, 3.8) is 0 Å². The standard InChI is InChI=1S/C18H27NO3S/c1-3-16-19-14-5-4-6-15(18(14)23-16)22-17(20)11-12-7-9-13(21-2)10-8-12/h12-13,15H,3-11H2,1-2H3. The second-order valence-electron chi connectivity index (χ2n) is 6.73. The molecule has 1 saturated carbocycles. The van der Waals surface area contributed by atoms with Crippen molar-refractivity contribution >= 4 is 17.3 Å². The fourth-order valence-electron chi connectivity index (χ4n) is 3.71. The van der Waals surface area contributed by atoms with Crippen LogP contribution in [0.4, 0.5) is 0 Å². The molecule has 0 spiro atoms. The molecule has 1 unspecified atom stereocenters. The Kier molecular flexibility index (Phi) is 5.70. The Balaban J connectivity index is 1.54. The van der Waals surface area contributed by atoms with Crippen LogP contribution in [0.15, 0.2) is 0 Å². The first-order valence-electron chi connectivity index (χ1n) is 8.90. The van der Waals surface area contributed by atoms with Gasteiger partial charge in [-0.1, -0.05) is 6.92 Å². The number of aryl methyl sites for hydroxylation is 2. The number of ether oxygens (including phenoxy) is 2. The van der Waals surface area contributed by atoms with Crippen molar-refractivity contribution in [2.24, 2.45) is 5.92 Å². The fraction of sp³-hybridized carbons (Fsp3) is 0.778. The van der Waals surface area contributed by atoms with Crippen LogP contribution in [-0.4, -0.2) is 24.2 Å². The third-order valence-electron chi connectivity index (χ3n) is 5.10. The molecule has 1 aromatic heterocycles. The molecule has 1 heterocycles. The van der Waals surface area contributed by atoms with Crippen molar-refractivity contribution < 1.29 is 14.3 Å². The minimum atomic E-state index is -0.0561. The molecule has 0 bridgehead atoms. The molecule has 1 aromatic rings. The van der Waals surface area contributed by atoms with Gasteiger partial charge in [-0.2, -0.15) is 0 Å². The number of carbonyl (C=O) groups is 1. The van der Waals surface area contributed by atoms with Crippen LogP contribution in [0.5, 0.6) is 0 Å². The van der Waals surface area contributed by atoms with Crippen molar-refractivity contribution in [1.82, 2.24) is 4.98 Å². The summed E-state index contributed by atoms with van der Waals surface area (Å²) >= 11 is 1.73. The number of hydrogen-bond acceptors (Lipinski definition) is 5. The lowest BCUT2D eigenvalue weighted by atomic mass is 9.85. The summed E-state index contributed by atoms with van der Waals surface area (Å²) in [5, 5.41) is 1.16. The van der Waals surface area contributed by atoms with Crippen molar-refractivity contribution in [1.29, 1.82) is 0 Å². The highest BCUT2D eigenvalue weighted by molar-refractivity contribution is 7.11. The molecular weight excluding hydrogens is 310 g/mol. The topological polar surface area (TPSA) is 48.4 Å². The van der Waals surface area contributed by atoms with Gasteiger partial charge in [0.05, 0.1) is 21.7 Å². The maximum absolute atomic E-state index is 12.3. The van der Waals surface area contributed by atoms with Gasteiger partial charge in [0.15, 0.2) is 0 Å². The highest BCUT2D eigenvalue weighted by atomic mass is 32.1. The SMILES string of the molecule is CCc1nc2c(s1)C(OC(=O)CC1CCC(OC)CC1)CCC2. The van der Waals surface area contributed by atoms with Gasteiger partial charge in [-0.25, -0.2) is 4.98 Å². The zero-order valence-electron chi connectivity index (χ0n) is 14.2. The van der Waals surface area contributed by atoms with Gasteiger partial charge < -0.3 is 9.47 Å². The molecule has 0 amide bonds. The maximum atomic E-state index is 12.3. The second-order valence-corrected chi connectivity index (χ2v) is 7.84. The first-order chi connectivity index (χ1) is 11.2. The molecule has 128 valence electrons. The summed E-state index contributed by atoms with van der Waals surface area (Å²) in [7, 11) is 1.78. The minimum absolute atomic E-state index is 0.0323. The quantitative estimate of drug-likeness (QED) is 0.755. The molecule has 1 atom stereocenters. The number of methoxy groups -OCH3 is 1. The Bertz CT molecular complexity index is 534. The number of nitrogens with zero attached hydrogens (tertiary/aromatic N) is 1. The number of hydrogen-bond donors (Lipinski definition) is 0. The van der Waals surface area contributed by atoms with E-state index in [1.54, 1.807) is 18.4 Å². The number of esters is 1. The predicted octanol–water partition coefficient (Wildman–Crippen LogP) is 4.22. The molecule has 0 aliphatic heterocycles. The number of fused-ring (bicyclic) bond motifs is 1. The molecule has 4 nitrogen and oxygen atoms in total. The van der Waals surface area contributed by atoms with Gasteiger partial charge in [-0.15, -0.1) is 11.3 Å². The average molecular weight is 337 g/mol. The van der Waals surface area contributed by atoms with E-state index in [0.717, 1.165) is 62.1 Å². The zero-order valence-corrected chi connectivity index (χ0v) is 15.0. The van der Waals surface area contributed by atoms with Gasteiger partial charge in [0.1, 0.15) is 6.10 Å². The molecule has 1 fully saturated rings. The van der Waals surface area contributed by atoms with E-state index in [1.807, 2.05) is 0 Å². The van der Waals surface area contributed by atoms with Gasteiger partial charge in [0, 0.05) is 13.5 Å². The third kappa shape index (κ3) is 4.13. The lowest BCUT2D eigenvalue weighted by Gasteiger charge is -2.28. The number of carbonyl (C=O) groups excluding carboxylic acids is 1. The van der Waals surface area contributed by atoms with E-state index in [4.69, 9.17) is 9.47 Å². The van der Waals surface area contributed by atoms with Crippen LogP contribution in [0.2, 0.25) is 0 Å². The van der Waals surface area contributed by atoms with Gasteiger partial charge in [0.2, 0.25) is 0 Å². The molecule has 0 radical (unpaired) electrons. The first-order valence-corrected chi connectivity index (χ1v) is 9.72. The predicted molar refractivity (Wildman–Crippen MR) is 90.6 cm³/mol.